The number of nitrogens with zero attached hydrogens (tertiary/aromatic N) is 1. The van der Waals surface area contributed by atoms with Crippen molar-refractivity contribution in [2.75, 3.05) is 18.5 Å². The summed E-state index contributed by atoms with van der Waals surface area (Å²) < 4.78 is 12.4. The van der Waals surface area contributed by atoms with Crippen LogP contribution in [0.4, 0.5) is 5.13 Å². The van der Waals surface area contributed by atoms with E-state index in [1.165, 1.54) is 11.3 Å². The van der Waals surface area contributed by atoms with Crippen LogP contribution < -0.4 is 14.8 Å². The second-order valence-electron chi connectivity index (χ2n) is 6.07. The van der Waals surface area contributed by atoms with Crippen molar-refractivity contribution in [2.45, 2.75) is 12.8 Å². The minimum absolute atomic E-state index is 0.0658. The van der Waals surface area contributed by atoms with Gasteiger partial charge in [-0.25, -0.2) is 4.98 Å². The van der Waals surface area contributed by atoms with Crippen molar-refractivity contribution < 1.29 is 14.3 Å². The van der Waals surface area contributed by atoms with Gasteiger partial charge in [0.2, 0.25) is 0 Å². The summed E-state index contributed by atoms with van der Waals surface area (Å²) in [4.78, 5) is 16.7. The molecular weight excluding hydrogens is 428 g/mol. The first kappa shape index (κ1) is 18.0. The van der Waals surface area contributed by atoms with Crippen LogP contribution in [0, 0.1) is 0 Å². The van der Waals surface area contributed by atoms with Crippen molar-refractivity contribution in [3.8, 4) is 22.8 Å². The van der Waals surface area contributed by atoms with Gasteiger partial charge in [0.05, 0.1) is 12.3 Å². The Morgan fingerprint density at radius 1 is 1.26 bits per heavy atom. The maximum atomic E-state index is 12.2. The van der Waals surface area contributed by atoms with Crippen LogP contribution >= 0.6 is 27.3 Å². The molecule has 1 N–H and O–H groups in total. The summed E-state index contributed by atoms with van der Waals surface area (Å²) >= 11 is 4.81. The SMILES string of the molecule is O=C(COc1cccc2c1CCCO2)Nc1nc(-c2ccc(Br)cc2)cs1. The number of ether oxygens (including phenoxy) is 2. The number of carbonyl (C=O) groups is 1. The van der Waals surface area contributed by atoms with Crippen LogP contribution in [0.5, 0.6) is 11.5 Å². The summed E-state index contributed by atoms with van der Waals surface area (Å²) in [6, 6.07) is 13.6. The van der Waals surface area contributed by atoms with Crippen LogP contribution in [0.3, 0.4) is 0 Å². The monoisotopic (exact) mass is 444 g/mol. The number of rotatable bonds is 5. The zero-order valence-electron chi connectivity index (χ0n) is 14.4. The number of amides is 1. The van der Waals surface area contributed by atoms with E-state index in [1.807, 2.05) is 47.8 Å². The Bertz CT molecular complexity index is 956. The van der Waals surface area contributed by atoms with Crippen molar-refractivity contribution in [2.24, 2.45) is 0 Å². The predicted molar refractivity (Wildman–Crippen MR) is 110 cm³/mol. The lowest BCUT2D eigenvalue weighted by Crippen LogP contribution is -2.21. The maximum absolute atomic E-state index is 12.2. The van der Waals surface area contributed by atoms with Gasteiger partial charge >= 0.3 is 0 Å². The molecule has 0 saturated heterocycles. The van der Waals surface area contributed by atoms with Crippen molar-refractivity contribution >= 4 is 38.3 Å². The molecule has 0 saturated carbocycles. The molecule has 7 heteroatoms. The molecule has 0 aliphatic carbocycles. The summed E-state index contributed by atoms with van der Waals surface area (Å²) in [6.07, 6.45) is 1.85. The molecule has 27 heavy (non-hydrogen) atoms. The van der Waals surface area contributed by atoms with Crippen LogP contribution in [-0.4, -0.2) is 24.1 Å². The average Bonchev–Trinajstić information content (AvgIpc) is 3.15. The highest BCUT2D eigenvalue weighted by Gasteiger charge is 2.16. The smallest absolute Gasteiger partial charge is 0.264 e. The van der Waals surface area contributed by atoms with E-state index < -0.39 is 0 Å². The number of hydrogen-bond donors (Lipinski definition) is 1. The molecule has 1 aliphatic heterocycles. The molecule has 2 heterocycles. The molecule has 0 fully saturated rings. The lowest BCUT2D eigenvalue weighted by Gasteiger charge is -2.19. The molecule has 0 radical (unpaired) electrons. The fourth-order valence-electron chi connectivity index (χ4n) is 2.88. The number of benzene rings is 2. The summed E-state index contributed by atoms with van der Waals surface area (Å²) in [5.74, 6) is 1.32. The third kappa shape index (κ3) is 4.31. The molecule has 0 spiro atoms. The molecule has 3 aromatic rings. The van der Waals surface area contributed by atoms with Crippen LogP contribution in [0.15, 0.2) is 52.3 Å². The second-order valence-corrected chi connectivity index (χ2v) is 7.84. The lowest BCUT2D eigenvalue weighted by molar-refractivity contribution is -0.118. The highest BCUT2D eigenvalue weighted by molar-refractivity contribution is 9.10. The van der Waals surface area contributed by atoms with Gasteiger partial charge in [-0.05, 0) is 37.1 Å². The largest absolute Gasteiger partial charge is 0.493 e. The van der Waals surface area contributed by atoms with Crippen molar-refractivity contribution in [3.63, 3.8) is 0 Å². The quantitative estimate of drug-likeness (QED) is 0.606. The minimum Gasteiger partial charge on any atom is -0.493 e. The van der Waals surface area contributed by atoms with Crippen molar-refractivity contribution in [1.29, 1.82) is 0 Å². The number of halogens is 1. The Balaban J connectivity index is 1.37. The molecule has 0 atom stereocenters. The van der Waals surface area contributed by atoms with Gasteiger partial charge in [-0.15, -0.1) is 11.3 Å². The third-order valence-electron chi connectivity index (χ3n) is 4.17. The maximum Gasteiger partial charge on any atom is 0.264 e. The Hall–Kier alpha value is -2.38. The van der Waals surface area contributed by atoms with Gasteiger partial charge in [0.25, 0.3) is 5.91 Å². The van der Waals surface area contributed by atoms with Crippen LogP contribution in [0.2, 0.25) is 0 Å². The second kappa shape index (κ2) is 8.10. The van der Waals surface area contributed by atoms with E-state index in [1.54, 1.807) is 0 Å². The first-order valence-electron chi connectivity index (χ1n) is 8.58. The van der Waals surface area contributed by atoms with Gasteiger partial charge < -0.3 is 9.47 Å². The summed E-state index contributed by atoms with van der Waals surface area (Å²) in [6.45, 7) is 0.658. The number of fused-ring (bicyclic) bond motifs is 1. The highest BCUT2D eigenvalue weighted by atomic mass is 79.9. The summed E-state index contributed by atoms with van der Waals surface area (Å²) in [7, 11) is 0. The number of nitrogens with one attached hydrogen (secondary N) is 1. The van der Waals surface area contributed by atoms with E-state index in [0.717, 1.165) is 46.5 Å². The van der Waals surface area contributed by atoms with Crippen LogP contribution in [-0.2, 0) is 11.2 Å². The predicted octanol–water partition coefficient (Wildman–Crippen LogP) is 4.92. The fraction of sp³-hybridized carbons (Fsp3) is 0.200. The molecule has 0 unspecified atom stereocenters. The lowest BCUT2D eigenvalue weighted by atomic mass is 10.1. The molecular formula is C20H17BrN2O3S. The van der Waals surface area contributed by atoms with Gasteiger partial charge in [-0.3, -0.25) is 10.1 Å². The first-order valence-corrected chi connectivity index (χ1v) is 10.2. The summed E-state index contributed by atoms with van der Waals surface area (Å²) in [5, 5.41) is 5.27. The number of carbonyl (C=O) groups excluding carboxylic acids is 1. The Labute approximate surface area is 169 Å². The Morgan fingerprint density at radius 3 is 2.96 bits per heavy atom. The molecule has 138 valence electrons. The average molecular weight is 445 g/mol. The zero-order chi connectivity index (χ0) is 18.6. The zero-order valence-corrected chi connectivity index (χ0v) is 16.8. The van der Waals surface area contributed by atoms with E-state index in [4.69, 9.17) is 9.47 Å². The van der Waals surface area contributed by atoms with E-state index in [-0.39, 0.29) is 12.5 Å². The highest BCUT2D eigenvalue weighted by Crippen LogP contribution is 2.32. The number of anilines is 1. The Kier molecular flexibility index (Phi) is 5.40. The molecule has 0 bridgehead atoms. The third-order valence-corrected chi connectivity index (χ3v) is 5.45. The fourth-order valence-corrected chi connectivity index (χ4v) is 3.88. The van der Waals surface area contributed by atoms with Gasteiger partial charge in [-0.1, -0.05) is 34.1 Å². The van der Waals surface area contributed by atoms with Gasteiger partial charge in [0.15, 0.2) is 11.7 Å². The van der Waals surface area contributed by atoms with E-state index in [9.17, 15) is 4.79 Å². The van der Waals surface area contributed by atoms with Crippen molar-refractivity contribution in [1.82, 2.24) is 4.98 Å². The van der Waals surface area contributed by atoms with Crippen LogP contribution in [0.25, 0.3) is 11.3 Å². The topological polar surface area (TPSA) is 60.5 Å². The molecule has 5 nitrogen and oxygen atoms in total. The van der Waals surface area contributed by atoms with Gasteiger partial charge in [0, 0.05) is 21.0 Å². The molecule has 2 aromatic carbocycles. The number of hydrogen-bond acceptors (Lipinski definition) is 5. The first-order chi connectivity index (χ1) is 13.2. The molecule has 1 aromatic heterocycles. The molecule has 1 aliphatic rings. The normalized spacial score (nSPS) is 12.8. The number of aromatic nitrogens is 1. The standard InChI is InChI=1S/C20H17BrN2O3S/c21-14-8-6-13(7-9-14)16-12-27-20(22-16)23-19(24)11-26-18-5-1-4-17-15(18)3-2-10-25-17/h1,4-9,12H,2-3,10-11H2,(H,22,23,24). The molecule has 4 rings (SSSR count). The Morgan fingerprint density at radius 2 is 2.11 bits per heavy atom. The summed E-state index contributed by atoms with van der Waals surface area (Å²) in [5.41, 5.74) is 2.86. The number of thiazole rings is 1. The van der Waals surface area contributed by atoms with Gasteiger partial charge in [0.1, 0.15) is 11.5 Å². The van der Waals surface area contributed by atoms with E-state index >= 15 is 0 Å². The van der Waals surface area contributed by atoms with E-state index in [0.29, 0.717) is 10.9 Å². The van der Waals surface area contributed by atoms with Gasteiger partial charge in [-0.2, -0.15) is 0 Å². The molecule has 1 amide bonds. The van der Waals surface area contributed by atoms with Crippen LogP contribution in [0.1, 0.15) is 12.0 Å². The van der Waals surface area contributed by atoms with Crippen molar-refractivity contribution in [3.05, 3.63) is 57.9 Å². The minimum atomic E-state index is -0.235. The van der Waals surface area contributed by atoms with E-state index in [2.05, 4.69) is 26.2 Å².